The number of rotatable bonds is 6. The van der Waals surface area contributed by atoms with Gasteiger partial charge in [0, 0.05) is 18.2 Å². The Labute approximate surface area is 153 Å². The molecule has 0 atom stereocenters. The Kier molecular flexibility index (Phi) is 5.76. The molecule has 0 heterocycles. The Morgan fingerprint density at radius 1 is 0.852 bits per heavy atom. The van der Waals surface area contributed by atoms with Crippen molar-refractivity contribution in [3.63, 3.8) is 0 Å². The van der Waals surface area contributed by atoms with Crippen LogP contribution in [0.15, 0.2) is 36.4 Å². The summed E-state index contributed by atoms with van der Waals surface area (Å²) in [5.74, 6) is -3.59. The molecule has 0 aliphatic heterocycles. The van der Waals surface area contributed by atoms with Crippen LogP contribution in [0.2, 0.25) is 0 Å². The maximum atomic E-state index is 12.4. The van der Waals surface area contributed by atoms with Crippen molar-refractivity contribution in [1.82, 2.24) is 0 Å². The number of aromatic carboxylic acids is 2. The summed E-state index contributed by atoms with van der Waals surface area (Å²) in [4.78, 5) is 45.7. The molecule has 1 amide bonds. The van der Waals surface area contributed by atoms with Gasteiger partial charge < -0.3 is 25.0 Å². The highest BCUT2D eigenvalue weighted by Gasteiger charge is 2.16. The van der Waals surface area contributed by atoms with Crippen molar-refractivity contribution in [2.45, 2.75) is 6.92 Å². The number of carbonyl (C=O) groups excluding carboxylic acids is 2. The molecule has 0 aliphatic carbocycles. The molecule has 0 bridgehead atoms. The van der Waals surface area contributed by atoms with Crippen molar-refractivity contribution in [1.29, 1.82) is 0 Å². The zero-order valence-electron chi connectivity index (χ0n) is 14.3. The Bertz CT molecular complexity index is 903. The number of amides is 1. The number of carbonyl (C=O) groups is 4. The Morgan fingerprint density at radius 2 is 1.44 bits per heavy atom. The third kappa shape index (κ3) is 4.82. The van der Waals surface area contributed by atoms with E-state index >= 15 is 0 Å². The van der Waals surface area contributed by atoms with Crippen LogP contribution in [0.1, 0.15) is 38.0 Å². The predicted molar refractivity (Wildman–Crippen MR) is 92.6 cm³/mol. The van der Waals surface area contributed by atoms with Gasteiger partial charge in [0.25, 0.3) is 5.91 Å². The van der Waals surface area contributed by atoms with Crippen LogP contribution in [0.5, 0.6) is 11.5 Å². The summed E-state index contributed by atoms with van der Waals surface area (Å²) in [6.07, 6.45) is 0. The summed E-state index contributed by atoms with van der Waals surface area (Å²) in [7, 11) is 1.33. The lowest BCUT2D eigenvalue weighted by atomic mass is 10.1. The fourth-order valence-electron chi connectivity index (χ4n) is 2.20. The molecule has 2 aromatic carbocycles. The summed E-state index contributed by atoms with van der Waals surface area (Å²) in [6.45, 7) is 1.22. The highest BCUT2D eigenvalue weighted by atomic mass is 16.6. The van der Waals surface area contributed by atoms with Gasteiger partial charge in [-0.3, -0.25) is 9.59 Å². The molecule has 0 aromatic heterocycles. The highest BCUT2D eigenvalue weighted by Crippen LogP contribution is 2.28. The highest BCUT2D eigenvalue weighted by molar-refractivity contribution is 6.06. The van der Waals surface area contributed by atoms with Gasteiger partial charge in [-0.15, -0.1) is 0 Å². The standard InChI is InChI=1S/C18H15NO8/c1-9(20)27-14-4-3-10(8-15(14)26-2)16(21)19-13-6-11(17(22)23)5-12(7-13)18(24)25/h3-8H,1-2H3,(H,19,21)(H,22,23)(H,24,25). The maximum Gasteiger partial charge on any atom is 0.335 e. The lowest BCUT2D eigenvalue weighted by Gasteiger charge is -2.11. The van der Waals surface area contributed by atoms with Gasteiger partial charge in [0.05, 0.1) is 18.2 Å². The molecule has 0 fully saturated rings. The average molecular weight is 373 g/mol. The summed E-state index contributed by atoms with van der Waals surface area (Å²) in [5.41, 5.74) is -0.443. The molecule has 2 aromatic rings. The number of nitrogens with one attached hydrogen (secondary N) is 1. The average Bonchev–Trinajstić information content (AvgIpc) is 2.61. The number of methoxy groups -OCH3 is 1. The van der Waals surface area contributed by atoms with Crippen LogP contribution < -0.4 is 14.8 Å². The van der Waals surface area contributed by atoms with Gasteiger partial charge >= 0.3 is 17.9 Å². The van der Waals surface area contributed by atoms with Crippen LogP contribution >= 0.6 is 0 Å². The van der Waals surface area contributed by atoms with E-state index < -0.39 is 23.8 Å². The molecule has 140 valence electrons. The Hall–Kier alpha value is -3.88. The number of esters is 1. The van der Waals surface area contributed by atoms with Crippen molar-refractivity contribution < 1.29 is 38.9 Å². The number of hydrogen-bond donors (Lipinski definition) is 3. The third-order valence-corrected chi connectivity index (χ3v) is 3.36. The minimum atomic E-state index is -1.33. The van der Waals surface area contributed by atoms with Gasteiger partial charge in [0.1, 0.15) is 0 Å². The summed E-state index contributed by atoms with van der Waals surface area (Å²) >= 11 is 0. The van der Waals surface area contributed by atoms with Gasteiger partial charge in [-0.05, 0) is 36.4 Å². The molecule has 9 nitrogen and oxygen atoms in total. The Morgan fingerprint density at radius 3 is 1.93 bits per heavy atom. The fourth-order valence-corrected chi connectivity index (χ4v) is 2.20. The number of anilines is 1. The molecule has 2 rings (SSSR count). The molecule has 0 radical (unpaired) electrons. The first-order chi connectivity index (χ1) is 12.7. The van der Waals surface area contributed by atoms with Gasteiger partial charge in [-0.25, -0.2) is 9.59 Å². The lowest BCUT2D eigenvalue weighted by molar-refractivity contribution is -0.132. The maximum absolute atomic E-state index is 12.4. The van der Waals surface area contributed by atoms with Crippen molar-refractivity contribution in [3.8, 4) is 11.5 Å². The summed E-state index contributed by atoms with van der Waals surface area (Å²) in [6, 6.07) is 7.32. The Balaban J connectivity index is 2.33. The van der Waals surface area contributed by atoms with Crippen LogP contribution in [0.4, 0.5) is 5.69 Å². The smallest absolute Gasteiger partial charge is 0.335 e. The zero-order valence-corrected chi connectivity index (χ0v) is 14.3. The second-order valence-electron chi connectivity index (χ2n) is 5.32. The minimum Gasteiger partial charge on any atom is -0.493 e. The molecule has 0 aliphatic rings. The normalized spacial score (nSPS) is 10.0. The number of carboxylic acid groups (broad SMARTS) is 2. The zero-order chi connectivity index (χ0) is 20.1. The van der Waals surface area contributed by atoms with E-state index in [2.05, 4.69) is 5.32 Å². The van der Waals surface area contributed by atoms with E-state index in [1.54, 1.807) is 0 Å². The molecule has 0 unspecified atom stereocenters. The largest absolute Gasteiger partial charge is 0.493 e. The van der Waals surface area contributed by atoms with Crippen LogP contribution in [0, 0.1) is 0 Å². The second kappa shape index (κ2) is 8.00. The summed E-state index contributed by atoms with van der Waals surface area (Å²) in [5, 5.41) is 20.6. The first-order valence-electron chi connectivity index (χ1n) is 7.50. The second-order valence-corrected chi connectivity index (χ2v) is 5.32. The lowest BCUT2D eigenvalue weighted by Crippen LogP contribution is -2.14. The molecular formula is C18H15NO8. The third-order valence-electron chi connectivity index (χ3n) is 3.36. The number of hydrogen-bond acceptors (Lipinski definition) is 6. The first kappa shape index (κ1) is 19.4. The molecule has 27 heavy (non-hydrogen) atoms. The monoisotopic (exact) mass is 373 g/mol. The molecule has 3 N–H and O–H groups in total. The first-order valence-corrected chi connectivity index (χ1v) is 7.50. The molecule has 0 saturated carbocycles. The SMILES string of the molecule is COc1cc(C(=O)Nc2cc(C(=O)O)cc(C(=O)O)c2)ccc1OC(C)=O. The van der Waals surface area contributed by atoms with Crippen LogP contribution in [0.3, 0.4) is 0 Å². The quantitative estimate of drug-likeness (QED) is 0.517. The van der Waals surface area contributed by atoms with Crippen molar-refractivity contribution in [2.24, 2.45) is 0 Å². The predicted octanol–water partition coefficient (Wildman–Crippen LogP) is 2.27. The van der Waals surface area contributed by atoms with E-state index in [0.717, 1.165) is 18.2 Å². The van der Waals surface area contributed by atoms with Crippen LogP contribution in [-0.2, 0) is 4.79 Å². The topological polar surface area (TPSA) is 139 Å². The number of carboxylic acids is 2. The number of ether oxygens (including phenoxy) is 2. The van der Waals surface area contributed by atoms with E-state index in [1.807, 2.05) is 0 Å². The van der Waals surface area contributed by atoms with E-state index in [0.29, 0.717) is 0 Å². The molecule has 0 spiro atoms. The van der Waals surface area contributed by atoms with Crippen molar-refractivity contribution in [3.05, 3.63) is 53.1 Å². The van der Waals surface area contributed by atoms with Gasteiger partial charge in [-0.1, -0.05) is 0 Å². The molecule has 0 saturated heterocycles. The van der Waals surface area contributed by atoms with Crippen LogP contribution in [-0.4, -0.2) is 41.1 Å². The van der Waals surface area contributed by atoms with E-state index in [-0.39, 0.29) is 33.9 Å². The van der Waals surface area contributed by atoms with E-state index in [9.17, 15) is 19.2 Å². The van der Waals surface area contributed by atoms with E-state index in [1.165, 1.54) is 32.2 Å². The van der Waals surface area contributed by atoms with E-state index in [4.69, 9.17) is 19.7 Å². The van der Waals surface area contributed by atoms with Gasteiger partial charge in [-0.2, -0.15) is 0 Å². The summed E-state index contributed by atoms with van der Waals surface area (Å²) < 4.78 is 10.0. The van der Waals surface area contributed by atoms with Crippen molar-refractivity contribution in [2.75, 3.05) is 12.4 Å². The minimum absolute atomic E-state index is 0.000305. The molecule has 9 heteroatoms. The number of benzene rings is 2. The van der Waals surface area contributed by atoms with Crippen molar-refractivity contribution >= 4 is 29.5 Å². The fraction of sp³-hybridized carbons (Fsp3) is 0.111. The van der Waals surface area contributed by atoms with Crippen LogP contribution in [0.25, 0.3) is 0 Å². The van der Waals surface area contributed by atoms with Gasteiger partial charge in [0.15, 0.2) is 11.5 Å². The van der Waals surface area contributed by atoms with Gasteiger partial charge in [0.2, 0.25) is 0 Å². The molecular weight excluding hydrogens is 358 g/mol.